The van der Waals surface area contributed by atoms with Crippen molar-refractivity contribution in [3.63, 3.8) is 0 Å². The second kappa shape index (κ2) is 10.1. The van der Waals surface area contributed by atoms with E-state index in [0.29, 0.717) is 18.0 Å². The lowest BCUT2D eigenvalue weighted by molar-refractivity contribution is -0.142. The molecule has 0 bridgehead atoms. The van der Waals surface area contributed by atoms with Gasteiger partial charge in [0.25, 0.3) is 5.91 Å². The fraction of sp³-hybridized carbons (Fsp3) is 0.417. The number of amides is 2. The van der Waals surface area contributed by atoms with E-state index in [9.17, 15) is 9.59 Å². The highest BCUT2D eigenvalue weighted by atomic mass is 16.5. The standard InChI is InChI=1S/C24H32N2O4/c1-17-8-7-9-19(14-17)15-26(18(2)23(28)25-24(3,4)5)22(27)16-30-21-12-10-20(29-6)11-13-21/h7-14,18H,15-16H2,1-6H3,(H,25,28)/t18-/m0/s1. The highest BCUT2D eigenvalue weighted by Crippen LogP contribution is 2.18. The third-order valence-corrected chi connectivity index (χ3v) is 4.52. The second-order valence-electron chi connectivity index (χ2n) is 8.39. The van der Waals surface area contributed by atoms with Crippen LogP contribution in [0.3, 0.4) is 0 Å². The topological polar surface area (TPSA) is 67.9 Å². The van der Waals surface area contributed by atoms with E-state index in [1.54, 1.807) is 43.2 Å². The Morgan fingerprint density at radius 3 is 2.27 bits per heavy atom. The first-order chi connectivity index (χ1) is 14.1. The number of aryl methyl sites for hydroxylation is 1. The molecular weight excluding hydrogens is 380 g/mol. The fourth-order valence-corrected chi connectivity index (χ4v) is 2.96. The van der Waals surface area contributed by atoms with Crippen LogP contribution in [-0.2, 0) is 16.1 Å². The first kappa shape index (κ1) is 23.3. The molecule has 0 aliphatic heterocycles. The number of carbonyl (C=O) groups is 2. The van der Waals surface area contributed by atoms with Gasteiger partial charge in [0.05, 0.1) is 7.11 Å². The van der Waals surface area contributed by atoms with E-state index in [4.69, 9.17) is 9.47 Å². The maximum atomic E-state index is 13.0. The minimum atomic E-state index is -0.642. The molecule has 0 fully saturated rings. The zero-order valence-electron chi connectivity index (χ0n) is 18.7. The molecule has 162 valence electrons. The molecule has 2 amide bonds. The minimum Gasteiger partial charge on any atom is -0.497 e. The van der Waals surface area contributed by atoms with Gasteiger partial charge in [0.15, 0.2) is 6.61 Å². The SMILES string of the molecule is COc1ccc(OCC(=O)N(Cc2cccc(C)c2)[C@@H](C)C(=O)NC(C)(C)C)cc1. The second-order valence-corrected chi connectivity index (χ2v) is 8.39. The van der Waals surface area contributed by atoms with Crippen LogP contribution in [0.5, 0.6) is 11.5 Å². The molecule has 2 rings (SSSR count). The summed E-state index contributed by atoms with van der Waals surface area (Å²) in [5, 5.41) is 2.95. The Labute approximate surface area is 179 Å². The first-order valence-electron chi connectivity index (χ1n) is 10.0. The lowest BCUT2D eigenvalue weighted by Crippen LogP contribution is -2.53. The Kier molecular flexibility index (Phi) is 7.86. The van der Waals surface area contributed by atoms with Crippen LogP contribution in [0, 0.1) is 6.92 Å². The molecule has 0 aliphatic carbocycles. The lowest BCUT2D eigenvalue weighted by atomic mass is 10.1. The number of nitrogens with one attached hydrogen (secondary N) is 1. The third kappa shape index (κ3) is 7.10. The van der Waals surface area contributed by atoms with Crippen molar-refractivity contribution in [1.29, 1.82) is 0 Å². The van der Waals surface area contributed by atoms with Crippen molar-refractivity contribution in [2.45, 2.75) is 52.7 Å². The van der Waals surface area contributed by atoms with Crippen LogP contribution in [0.2, 0.25) is 0 Å². The number of benzene rings is 2. The molecule has 1 atom stereocenters. The van der Waals surface area contributed by atoms with Gasteiger partial charge >= 0.3 is 0 Å². The van der Waals surface area contributed by atoms with E-state index in [2.05, 4.69) is 5.32 Å². The monoisotopic (exact) mass is 412 g/mol. The number of rotatable bonds is 8. The maximum Gasteiger partial charge on any atom is 0.261 e. The van der Waals surface area contributed by atoms with Crippen molar-refractivity contribution in [1.82, 2.24) is 10.2 Å². The number of carbonyl (C=O) groups excluding carboxylic acids is 2. The smallest absolute Gasteiger partial charge is 0.261 e. The molecule has 1 N–H and O–H groups in total. The van der Waals surface area contributed by atoms with Crippen LogP contribution in [0.1, 0.15) is 38.8 Å². The normalized spacial score (nSPS) is 12.1. The van der Waals surface area contributed by atoms with Gasteiger partial charge < -0.3 is 19.7 Å². The van der Waals surface area contributed by atoms with Gasteiger partial charge in [-0.1, -0.05) is 29.8 Å². The Hall–Kier alpha value is -3.02. The van der Waals surface area contributed by atoms with Crippen LogP contribution in [0.15, 0.2) is 48.5 Å². The van der Waals surface area contributed by atoms with Crippen LogP contribution < -0.4 is 14.8 Å². The quantitative estimate of drug-likeness (QED) is 0.718. The van der Waals surface area contributed by atoms with E-state index < -0.39 is 6.04 Å². The summed E-state index contributed by atoms with van der Waals surface area (Å²) in [6, 6.07) is 14.3. The number of ether oxygens (including phenoxy) is 2. The highest BCUT2D eigenvalue weighted by Gasteiger charge is 2.28. The molecular formula is C24H32N2O4. The van der Waals surface area contributed by atoms with Crippen molar-refractivity contribution in [3.05, 3.63) is 59.7 Å². The van der Waals surface area contributed by atoms with Gasteiger partial charge in [-0.15, -0.1) is 0 Å². The van der Waals surface area contributed by atoms with Gasteiger partial charge in [-0.2, -0.15) is 0 Å². The van der Waals surface area contributed by atoms with E-state index in [0.717, 1.165) is 11.1 Å². The van der Waals surface area contributed by atoms with Crippen LogP contribution in [0.4, 0.5) is 0 Å². The van der Waals surface area contributed by atoms with Gasteiger partial charge in [-0.3, -0.25) is 9.59 Å². The molecule has 0 saturated heterocycles. The molecule has 6 heteroatoms. The predicted molar refractivity (Wildman–Crippen MR) is 118 cm³/mol. The van der Waals surface area contributed by atoms with Crippen LogP contribution in [-0.4, -0.2) is 42.0 Å². The summed E-state index contributed by atoms with van der Waals surface area (Å²) in [6.07, 6.45) is 0. The Balaban J connectivity index is 2.15. The van der Waals surface area contributed by atoms with E-state index >= 15 is 0 Å². The van der Waals surface area contributed by atoms with Gasteiger partial charge in [0.1, 0.15) is 17.5 Å². The van der Waals surface area contributed by atoms with E-state index in [-0.39, 0.29) is 24.0 Å². The van der Waals surface area contributed by atoms with Crippen molar-refractivity contribution in [2.75, 3.05) is 13.7 Å². The van der Waals surface area contributed by atoms with Crippen LogP contribution >= 0.6 is 0 Å². The molecule has 2 aromatic rings. The Morgan fingerprint density at radius 2 is 1.70 bits per heavy atom. The molecule has 0 spiro atoms. The van der Waals surface area contributed by atoms with Crippen molar-refractivity contribution >= 4 is 11.8 Å². The summed E-state index contributed by atoms with van der Waals surface area (Å²) in [5.41, 5.74) is 1.67. The Bertz CT molecular complexity index is 856. The van der Waals surface area contributed by atoms with E-state index in [1.165, 1.54) is 0 Å². The molecule has 0 aliphatic rings. The average Bonchev–Trinajstić information content (AvgIpc) is 2.69. The van der Waals surface area contributed by atoms with Crippen molar-refractivity contribution in [2.24, 2.45) is 0 Å². The predicted octanol–water partition coefficient (Wildman–Crippen LogP) is 3.71. The molecule has 0 radical (unpaired) electrons. The van der Waals surface area contributed by atoms with Gasteiger partial charge in [-0.05, 0) is 64.4 Å². The van der Waals surface area contributed by atoms with Gasteiger partial charge in [0.2, 0.25) is 5.91 Å². The number of hydrogen-bond acceptors (Lipinski definition) is 4. The zero-order valence-corrected chi connectivity index (χ0v) is 18.7. The first-order valence-corrected chi connectivity index (χ1v) is 10.0. The van der Waals surface area contributed by atoms with Gasteiger partial charge in [0, 0.05) is 12.1 Å². The molecule has 2 aromatic carbocycles. The number of hydrogen-bond donors (Lipinski definition) is 1. The van der Waals surface area contributed by atoms with Gasteiger partial charge in [-0.25, -0.2) is 0 Å². The molecule has 0 aromatic heterocycles. The summed E-state index contributed by atoms with van der Waals surface area (Å²) in [5.74, 6) is 0.811. The molecule has 6 nitrogen and oxygen atoms in total. The zero-order chi connectivity index (χ0) is 22.3. The Morgan fingerprint density at radius 1 is 1.07 bits per heavy atom. The molecule has 0 unspecified atom stereocenters. The maximum absolute atomic E-state index is 13.0. The lowest BCUT2D eigenvalue weighted by Gasteiger charge is -2.31. The fourth-order valence-electron chi connectivity index (χ4n) is 2.96. The highest BCUT2D eigenvalue weighted by molar-refractivity contribution is 5.88. The van der Waals surface area contributed by atoms with Crippen molar-refractivity contribution in [3.8, 4) is 11.5 Å². The molecule has 0 saturated carbocycles. The average molecular weight is 413 g/mol. The summed E-state index contributed by atoms with van der Waals surface area (Å²) in [7, 11) is 1.59. The summed E-state index contributed by atoms with van der Waals surface area (Å²) < 4.78 is 10.8. The molecule has 0 heterocycles. The summed E-state index contributed by atoms with van der Waals surface area (Å²) in [4.78, 5) is 27.3. The molecule has 30 heavy (non-hydrogen) atoms. The van der Waals surface area contributed by atoms with Crippen LogP contribution in [0.25, 0.3) is 0 Å². The third-order valence-electron chi connectivity index (χ3n) is 4.52. The number of nitrogens with zero attached hydrogens (tertiary/aromatic N) is 1. The van der Waals surface area contributed by atoms with Crippen molar-refractivity contribution < 1.29 is 19.1 Å². The van der Waals surface area contributed by atoms with E-state index in [1.807, 2.05) is 52.0 Å². The minimum absolute atomic E-state index is 0.161. The summed E-state index contributed by atoms with van der Waals surface area (Å²) >= 11 is 0. The summed E-state index contributed by atoms with van der Waals surface area (Å²) in [6.45, 7) is 9.64. The number of methoxy groups -OCH3 is 1. The largest absolute Gasteiger partial charge is 0.497 e.